The van der Waals surface area contributed by atoms with Crippen LogP contribution in [-0.2, 0) is 13.1 Å². The Labute approximate surface area is 144 Å². The van der Waals surface area contributed by atoms with Crippen LogP contribution in [0.1, 0.15) is 18.2 Å². The highest BCUT2D eigenvalue weighted by Crippen LogP contribution is 2.20. The van der Waals surface area contributed by atoms with Crippen molar-refractivity contribution in [2.24, 2.45) is 0 Å². The van der Waals surface area contributed by atoms with Crippen LogP contribution < -0.4 is 16.3 Å². The lowest BCUT2D eigenvalue weighted by Crippen LogP contribution is -2.28. The van der Waals surface area contributed by atoms with Gasteiger partial charge < -0.3 is 15.1 Å². The van der Waals surface area contributed by atoms with Crippen LogP contribution in [0.2, 0.25) is 0 Å². The smallest absolute Gasteiger partial charge is 0.336 e. The average molecular weight is 342 g/mol. The summed E-state index contributed by atoms with van der Waals surface area (Å²) in [6, 6.07) is 9.00. The first kappa shape index (κ1) is 16.2. The van der Waals surface area contributed by atoms with Crippen molar-refractivity contribution in [3.8, 4) is 0 Å². The molecule has 6 nitrogen and oxygen atoms in total. The summed E-state index contributed by atoms with van der Waals surface area (Å²) in [5.74, 6) is 0. The quantitative estimate of drug-likeness (QED) is 0.561. The molecule has 0 amide bonds. The largest absolute Gasteiger partial charge is 0.423 e. The zero-order valence-corrected chi connectivity index (χ0v) is 14.3. The minimum absolute atomic E-state index is 0.357. The predicted molar refractivity (Wildman–Crippen MR) is 98.2 cm³/mol. The fourth-order valence-corrected chi connectivity index (χ4v) is 2.61. The lowest BCUT2D eigenvalue weighted by Gasteiger charge is -2.10. The normalized spacial score (nSPS) is 10.8. The van der Waals surface area contributed by atoms with Crippen LogP contribution in [0.25, 0.3) is 11.0 Å². The van der Waals surface area contributed by atoms with E-state index in [4.69, 9.17) is 16.6 Å². The molecule has 0 atom stereocenters. The zero-order chi connectivity index (χ0) is 17.1. The lowest BCUT2D eigenvalue weighted by molar-refractivity contribution is 0.560. The van der Waals surface area contributed by atoms with E-state index in [0.29, 0.717) is 17.2 Å². The molecule has 0 aliphatic heterocycles. The lowest BCUT2D eigenvalue weighted by atomic mass is 10.1. The monoisotopic (exact) mass is 342 g/mol. The van der Waals surface area contributed by atoms with Gasteiger partial charge in [-0.2, -0.15) is 5.10 Å². The Morgan fingerprint density at radius 1 is 1.33 bits per heavy atom. The predicted octanol–water partition coefficient (Wildman–Crippen LogP) is 2.80. The first-order valence-corrected chi connectivity index (χ1v) is 8.07. The molecule has 124 valence electrons. The number of benzene rings is 1. The van der Waals surface area contributed by atoms with Crippen molar-refractivity contribution in [1.29, 1.82) is 0 Å². The van der Waals surface area contributed by atoms with Crippen LogP contribution in [0.4, 0.5) is 5.69 Å². The summed E-state index contributed by atoms with van der Waals surface area (Å²) in [5, 5.41) is 12.0. The Hall–Kier alpha value is -2.67. The zero-order valence-electron chi connectivity index (χ0n) is 13.5. The third-order valence-corrected chi connectivity index (χ3v) is 3.91. The number of nitrogens with zero attached hydrogens (tertiary/aromatic N) is 2. The highest BCUT2D eigenvalue weighted by atomic mass is 32.1. The molecule has 0 aliphatic carbocycles. The van der Waals surface area contributed by atoms with Gasteiger partial charge in [0, 0.05) is 35.9 Å². The van der Waals surface area contributed by atoms with Gasteiger partial charge in [0.15, 0.2) is 5.11 Å². The maximum Gasteiger partial charge on any atom is 0.336 e. The summed E-state index contributed by atoms with van der Waals surface area (Å²) in [4.78, 5) is 11.5. The average Bonchev–Trinajstić information content (AvgIpc) is 3.00. The summed E-state index contributed by atoms with van der Waals surface area (Å²) in [6.45, 7) is 5.30. The van der Waals surface area contributed by atoms with Gasteiger partial charge in [-0.25, -0.2) is 4.79 Å². The van der Waals surface area contributed by atoms with Crippen LogP contribution in [0.15, 0.2) is 45.7 Å². The van der Waals surface area contributed by atoms with Gasteiger partial charge in [0.25, 0.3) is 0 Å². The maximum absolute atomic E-state index is 11.5. The molecule has 2 heterocycles. The van der Waals surface area contributed by atoms with Gasteiger partial charge in [-0.3, -0.25) is 4.68 Å². The first-order chi connectivity index (χ1) is 11.5. The molecule has 0 unspecified atom stereocenters. The SMILES string of the molecule is CCn1ccc(CNC(=S)Nc2ccc3c(C)cc(=O)oc3c2)n1. The van der Waals surface area contributed by atoms with E-state index in [1.165, 1.54) is 6.07 Å². The van der Waals surface area contributed by atoms with Gasteiger partial charge in [-0.15, -0.1) is 0 Å². The molecule has 3 rings (SSSR count). The highest BCUT2D eigenvalue weighted by molar-refractivity contribution is 7.80. The second kappa shape index (κ2) is 6.84. The number of nitrogens with one attached hydrogen (secondary N) is 2. The Bertz CT molecular complexity index is 945. The van der Waals surface area contributed by atoms with Gasteiger partial charge in [0.1, 0.15) is 5.58 Å². The molecular formula is C17H18N4O2S. The van der Waals surface area contributed by atoms with Gasteiger partial charge in [0.05, 0.1) is 12.2 Å². The number of fused-ring (bicyclic) bond motifs is 1. The van der Waals surface area contributed by atoms with Gasteiger partial charge in [-0.1, -0.05) is 0 Å². The first-order valence-electron chi connectivity index (χ1n) is 7.67. The number of thiocarbonyl (C=S) groups is 1. The van der Waals surface area contributed by atoms with E-state index in [1.807, 2.05) is 42.9 Å². The molecule has 0 bridgehead atoms. The van der Waals surface area contributed by atoms with Crippen molar-refractivity contribution in [1.82, 2.24) is 15.1 Å². The molecule has 3 aromatic rings. The standard InChI is InChI=1S/C17H18N4O2S/c1-3-21-7-6-13(20-21)10-18-17(24)19-12-4-5-14-11(2)8-16(22)23-15(14)9-12/h4-9H,3,10H2,1-2H3,(H2,18,19,24). The Morgan fingerprint density at radius 2 is 2.17 bits per heavy atom. The van der Waals surface area contributed by atoms with Gasteiger partial charge >= 0.3 is 5.63 Å². The van der Waals surface area contributed by atoms with Crippen LogP contribution in [0.5, 0.6) is 0 Å². The van der Waals surface area contributed by atoms with Crippen LogP contribution in [-0.4, -0.2) is 14.9 Å². The molecule has 0 radical (unpaired) electrons. The van der Waals surface area contributed by atoms with Crippen LogP contribution in [0.3, 0.4) is 0 Å². The number of aryl methyl sites for hydroxylation is 2. The van der Waals surface area contributed by atoms with E-state index in [0.717, 1.165) is 28.9 Å². The second-order valence-electron chi connectivity index (χ2n) is 5.43. The summed E-state index contributed by atoms with van der Waals surface area (Å²) < 4.78 is 7.10. The third kappa shape index (κ3) is 3.62. The topological polar surface area (TPSA) is 72.1 Å². The molecule has 0 fully saturated rings. The molecule has 7 heteroatoms. The Morgan fingerprint density at radius 3 is 2.92 bits per heavy atom. The molecule has 0 spiro atoms. The number of hydrogen-bond donors (Lipinski definition) is 2. The molecule has 1 aromatic carbocycles. The van der Waals surface area contributed by atoms with E-state index in [9.17, 15) is 4.79 Å². The van der Waals surface area contributed by atoms with E-state index >= 15 is 0 Å². The van der Waals surface area contributed by atoms with Crippen molar-refractivity contribution in [2.75, 3.05) is 5.32 Å². The maximum atomic E-state index is 11.5. The molecule has 0 saturated carbocycles. The fourth-order valence-electron chi connectivity index (χ4n) is 2.42. The van der Waals surface area contributed by atoms with E-state index < -0.39 is 0 Å². The Balaban J connectivity index is 1.67. The minimum atomic E-state index is -0.357. The number of rotatable bonds is 4. The molecule has 0 aliphatic rings. The number of aromatic nitrogens is 2. The summed E-state index contributed by atoms with van der Waals surface area (Å²) in [7, 11) is 0. The summed E-state index contributed by atoms with van der Waals surface area (Å²) >= 11 is 5.30. The molecule has 2 N–H and O–H groups in total. The minimum Gasteiger partial charge on any atom is -0.423 e. The van der Waals surface area contributed by atoms with Crippen molar-refractivity contribution >= 4 is 34.0 Å². The van der Waals surface area contributed by atoms with Crippen LogP contribution >= 0.6 is 12.2 Å². The van der Waals surface area contributed by atoms with Crippen molar-refractivity contribution in [3.63, 3.8) is 0 Å². The van der Waals surface area contributed by atoms with Crippen molar-refractivity contribution in [2.45, 2.75) is 26.9 Å². The fraction of sp³-hybridized carbons (Fsp3) is 0.235. The number of hydrogen-bond acceptors (Lipinski definition) is 4. The van der Waals surface area contributed by atoms with E-state index in [1.54, 1.807) is 6.07 Å². The van der Waals surface area contributed by atoms with Crippen molar-refractivity contribution < 1.29 is 4.42 Å². The molecule has 24 heavy (non-hydrogen) atoms. The van der Waals surface area contributed by atoms with Crippen LogP contribution in [0, 0.1) is 6.92 Å². The number of anilines is 1. The third-order valence-electron chi connectivity index (χ3n) is 3.66. The summed E-state index contributed by atoms with van der Waals surface area (Å²) in [5.41, 5.74) is 2.74. The Kier molecular flexibility index (Phi) is 4.61. The van der Waals surface area contributed by atoms with E-state index in [-0.39, 0.29) is 5.63 Å². The second-order valence-corrected chi connectivity index (χ2v) is 5.84. The van der Waals surface area contributed by atoms with Crippen molar-refractivity contribution in [3.05, 3.63) is 58.2 Å². The van der Waals surface area contributed by atoms with Gasteiger partial charge in [-0.05, 0) is 49.8 Å². The van der Waals surface area contributed by atoms with Gasteiger partial charge in [0.2, 0.25) is 0 Å². The molecular weight excluding hydrogens is 324 g/mol. The molecule has 2 aromatic heterocycles. The highest BCUT2D eigenvalue weighted by Gasteiger charge is 2.05. The summed E-state index contributed by atoms with van der Waals surface area (Å²) in [6.07, 6.45) is 1.93. The molecule has 0 saturated heterocycles. The van der Waals surface area contributed by atoms with E-state index in [2.05, 4.69) is 15.7 Å².